The first-order valence-electron chi connectivity index (χ1n) is 11.0. The molecule has 0 saturated carbocycles. The number of nitrogens with zero attached hydrogens (tertiary/aromatic N) is 5. The van der Waals surface area contributed by atoms with Crippen LogP contribution in [0.15, 0.2) is 72.9 Å². The van der Waals surface area contributed by atoms with Gasteiger partial charge in [0, 0.05) is 5.56 Å². The van der Waals surface area contributed by atoms with Crippen molar-refractivity contribution < 1.29 is 13.6 Å². The average Bonchev–Trinajstić information content (AvgIpc) is 3.41. The van der Waals surface area contributed by atoms with E-state index in [0.717, 1.165) is 15.8 Å². The number of fused-ring (bicyclic) bond motifs is 1. The van der Waals surface area contributed by atoms with E-state index in [1.165, 1.54) is 12.3 Å². The largest absolute Gasteiger partial charge is 0.319 e. The molecule has 0 aliphatic rings. The zero-order chi connectivity index (χ0) is 24.5. The molecular weight excluding hydrogens is 450 g/mol. The van der Waals surface area contributed by atoms with E-state index < -0.39 is 12.3 Å². The predicted octanol–water partition coefficient (Wildman–Crippen LogP) is 5.45. The fraction of sp³-hybridized carbons (Fsp3) is 0.154. The van der Waals surface area contributed by atoms with Gasteiger partial charge < -0.3 is 5.32 Å². The minimum Gasteiger partial charge on any atom is -0.319 e. The number of rotatable bonds is 6. The van der Waals surface area contributed by atoms with Gasteiger partial charge in [0.25, 0.3) is 12.3 Å². The van der Waals surface area contributed by atoms with Crippen molar-refractivity contribution in [2.24, 2.45) is 0 Å². The summed E-state index contributed by atoms with van der Waals surface area (Å²) in [6.45, 7) is 4.23. The lowest BCUT2D eigenvalue weighted by Gasteiger charge is -2.09. The zero-order valence-corrected chi connectivity index (χ0v) is 19.1. The SMILES string of the molecule is Cc1nn(Cc2ccccc2)c(C)c1NC(=O)c1cnn2c(C(F)F)cc(-c3ccccc3)nc12. The van der Waals surface area contributed by atoms with Gasteiger partial charge in [0.05, 0.1) is 35.5 Å². The Morgan fingerprint density at radius 3 is 2.40 bits per heavy atom. The van der Waals surface area contributed by atoms with Gasteiger partial charge in [-0.15, -0.1) is 0 Å². The molecule has 0 fully saturated rings. The van der Waals surface area contributed by atoms with E-state index >= 15 is 0 Å². The quantitative estimate of drug-likeness (QED) is 0.357. The van der Waals surface area contributed by atoms with Crippen molar-refractivity contribution in [1.82, 2.24) is 24.4 Å². The van der Waals surface area contributed by atoms with Gasteiger partial charge in [0.15, 0.2) is 5.65 Å². The Morgan fingerprint density at radius 2 is 1.71 bits per heavy atom. The first-order chi connectivity index (χ1) is 16.9. The first-order valence-corrected chi connectivity index (χ1v) is 11.0. The third-order valence-electron chi connectivity index (χ3n) is 5.83. The number of aryl methyl sites for hydroxylation is 1. The summed E-state index contributed by atoms with van der Waals surface area (Å²) in [6, 6.07) is 20.1. The van der Waals surface area contributed by atoms with Crippen molar-refractivity contribution in [3.05, 3.63) is 101 Å². The van der Waals surface area contributed by atoms with E-state index in [4.69, 9.17) is 0 Å². The average molecular weight is 472 g/mol. The molecule has 0 spiro atoms. The van der Waals surface area contributed by atoms with E-state index in [2.05, 4.69) is 20.5 Å². The van der Waals surface area contributed by atoms with Crippen LogP contribution in [0.25, 0.3) is 16.9 Å². The second-order valence-electron chi connectivity index (χ2n) is 8.17. The number of benzene rings is 2. The Morgan fingerprint density at radius 1 is 1.03 bits per heavy atom. The smallest absolute Gasteiger partial charge is 0.280 e. The fourth-order valence-corrected chi connectivity index (χ4v) is 4.03. The van der Waals surface area contributed by atoms with Crippen LogP contribution < -0.4 is 5.32 Å². The maximum atomic E-state index is 13.8. The molecule has 2 aromatic carbocycles. The maximum absolute atomic E-state index is 13.8. The highest BCUT2D eigenvalue weighted by Crippen LogP contribution is 2.28. The van der Waals surface area contributed by atoms with E-state index in [1.807, 2.05) is 48.0 Å². The molecule has 3 heterocycles. The summed E-state index contributed by atoms with van der Waals surface area (Å²) in [5, 5.41) is 11.5. The Labute approximate surface area is 200 Å². The summed E-state index contributed by atoms with van der Waals surface area (Å²) >= 11 is 0. The highest BCUT2D eigenvalue weighted by Gasteiger charge is 2.23. The summed E-state index contributed by atoms with van der Waals surface area (Å²) in [5.74, 6) is -0.497. The summed E-state index contributed by atoms with van der Waals surface area (Å²) < 4.78 is 30.5. The lowest BCUT2D eigenvalue weighted by Crippen LogP contribution is -2.14. The Balaban J connectivity index is 1.51. The van der Waals surface area contributed by atoms with Gasteiger partial charge in [0.1, 0.15) is 11.3 Å². The molecular formula is C26H22F2N6O. The lowest BCUT2D eigenvalue weighted by molar-refractivity contribution is 0.102. The molecule has 0 bridgehead atoms. The molecule has 1 amide bonds. The second kappa shape index (κ2) is 9.09. The van der Waals surface area contributed by atoms with Crippen LogP contribution >= 0.6 is 0 Å². The Kier molecular flexibility index (Phi) is 5.82. The number of anilines is 1. The zero-order valence-electron chi connectivity index (χ0n) is 19.1. The standard InChI is InChI=1S/C26H22F2N6O/c1-16-23(17(2)33(32-16)15-18-9-5-3-6-10-18)31-26(35)20-14-29-34-22(24(27)28)13-21(30-25(20)34)19-11-7-4-8-12-19/h3-14,24H,15H2,1-2H3,(H,31,35). The summed E-state index contributed by atoms with van der Waals surface area (Å²) in [5.41, 5.74) is 3.90. The van der Waals surface area contributed by atoms with Gasteiger partial charge in [-0.3, -0.25) is 9.48 Å². The summed E-state index contributed by atoms with van der Waals surface area (Å²) in [6.07, 6.45) is -1.53. The third kappa shape index (κ3) is 4.28. The number of alkyl halides is 2. The van der Waals surface area contributed by atoms with Crippen LogP contribution in [0.2, 0.25) is 0 Å². The van der Waals surface area contributed by atoms with Gasteiger partial charge in [-0.05, 0) is 25.5 Å². The molecule has 1 N–H and O–H groups in total. The van der Waals surface area contributed by atoms with E-state index in [9.17, 15) is 13.6 Å². The molecule has 35 heavy (non-hydrogen) atoms. The minimum absolute atomic E-state index is 0.0612. The molecule has 0 radical (unpaired) electrons. The van der Waals surface area contributed by atoms with E-state index in [-0.39, 0.29) is 16.9 Å². The van der Waals surface area contributed by atoms with Crippen molar-refractivity contribution in [2.45, 2.75) is 26.8 Å². The van der Waals surface area contributed by atoms with Crippen LogP contribution in [-0.4, -0.2) is 30.3 Å². The lowest BCUT2D eigenvalue weighted by atomic mass is 10.1. The van der Waals surface area contributed by atoms with Gasteiger partial charge in [-0.25, -0.2) is 18.3 Å². The van der Waals surface area contributed by atoms with Gasteiger partial charge in [-0.2, -0.15) is 10.2 Å². The molecule has 3 aromatic heterocycles. The predicted molar refractivity (Wildman–Crippen MR) is 129 cm³/mol. The van der Waals surface area contributed by atoms with Crippen LogP contribution in [0, 0.1) is 13.8 Å². The van der Waals surface area contributed by atoms with E-state index in [0.29, 0.717) is 29.2 Å². The highest BCUT2D eigenvalue weighted by molar-refractivity contribution is 6.08. The van der Waals surface area contributed by atoms with Crippen LogP contribution in [-0.2, 0) is 6.54 Å². The Hall–Kier alpha value is -4.40. The van der Waals surface area contributed by atoms with Crippen molar-refractivity contribution >= 4 is 17.2 Å². The minimum atomic E-state index is -2.79. The number of nitrogens with one attached hydrogen (secondary N) is 1. The molecule has 0 saturated heterocycles. The molecule has 0 atom stereocenters. The van der Waals surface area contributed by atoms with Crippen molar-refractivity contribution in [3.8, 4) is 11.3 Å². The van der Waals surface area contributed by atoms with E-state index in [1.54, 1.807) is 31.2 Å². The van der Waals surface area contributed by atoms with Crippen LogP contribution in [0.1, 0.15) is 39.4 Å². The molecule has 0 aliphatic heterocycles. The summed E-state index contributed by atoms with van der Waals surface area (Å²) in [7, 11) is 0. The molecule has 5 rings (SSSR count). The third-order valence-corrected chi connectivity index (χ3v) is 5.83. The number of aromatic nitrogens is 5. The molecule has 5 aromatic rings. The van der Waals surface area contributed by atoms with Crippen molar-refractivity contribution in [3.63, 3.8) is 0 Å². The van der Waals surface area contributed by atoms with Gasteiger partial charge >= 0.3 is 0 Å². The maximum Gasteiger partial charge on any atom is 0.280 e. The number of carbonyl (C=O) groups excluding carboxylic acids is 1. The number of halogens is 2. The van der Waals surface area contributed by atoms with Crippen molar-refractivity contribution in [2.75, 3.05) is 5.32 Å². The summed E-state index contributed by atoms with van der Waals surface area (Å²) in [4.78, 5) is 17.8. The topological polar surface area (TPSA) is 77.1 Å². The number of hydrogen-bond donors (Lipinski definition) is 1. The monoisotopic (exact) mass is 472 g/mol. The fourth-order valence-electron chi connectivity index (χ4n) is 4.03. The molecule has 0 aliphatic carbocycles. The van der Waals surface area contributed by atoms with Crippen LogP contribution in [0.4, 0.5) is 14.5 Å². The number of amides is 1. The van der Waals surface area contributed by atoms with Gasteiger partial charge in [0.2, 0.25) is 0 Å². The van der Waals surface area contributed by atoms with Crippen molar-refractivity contribution in [1.29, 1.82) is 0 Å². The molecule has 9 heteroatoms. The first kappa shape index (κ1) is 22.4. The number of hydrogen-bond acceptors (Lipinski definition) is 4. The molecule has 7 nitrogen and oxygen atoms in total. The van der Waals surface area contributed by atoms with Crippen LogP contribution in [0.5, 0.6) is 0 Å². The normalized spacial score (nSPS) is 11.3. The number of carbonyl (C=O) groups is 1. The second-order valence-corrected chi connectivity index (χ2v) is 8.17. The van der Waals surface area contributed by atoms with Gasteiger partial charge in [-0.1, -0.05) is 60.7 Å². The Bertz CT molecular complexity index is 1510. The molecule has 176 valence electrons. The highest BCUT2D eigenvalue weighted by atomic mass is 19.3. The molecule has 0 unspecified atom stereocenters. The van der Waals surface area contributed by atoms with Crippen LogP contribution in [0.3, 0.4) is 0 Å².